The molecule has 0 aliphatic carbocycles. The zero-order chi connectivity index (χ0) is 7.78. The van der Waals surface area contributed by atoms with E-state index in [1.807, 2.05) is 13.8 Å². The maximum Gasteiger partial charge on any atom is 0.107 e. The fourth-order valence-corrected chi connectivity index (χ4v) is 1.33. The zero-order valence-corrected chi connectivity index (χ0v) is 6.37. The molecule has 1 saturated heterocycles. The van der Waals surface area contributed by atoms with Gasteiger partial charge < -0.3 is 14.9 Å². The molecule has 60 valence electrons. The Balaban J connectivity index is 2.52. The number of hydrogen-bond donors (Lipinski definition) is 2. The van der Waals surface area contributed by atoms with E-state index in [9.17, 15) is 5.11 Å². The molecule has 0 radical (unpaired) electrons. The molecule has 2 N–H and O–H groups in total. The van der Waals surface area contributed by atoms with E-state index in [2.05, 4.69) is 0 Å². The molecule has 1 aliphatic rings. The molecule has 2 atom stereocenters. The van der Waals surface area contributed by atoms with Crippen molar-refractivity contribution in [1.82, 2.24) is 0 Å². The molecule has 3 nitrogen and oxygen atoms in total. The maximum atomic E-state index is 9.24. The van der Waals surface area contributed by atoms with Crippen LogP contribution in [0.25, 0.3) is 0 Å². The third-order valence-electron chi connectivity index (χ3n) is 1.78. The van der Waals surface area contributed by atoms with Crippen molar-refractivity contribution in [3.63, 3.8) is 0 Å². The van der Waals surface area contributed by atoms with Crippen LogP contribution in [-0.2, 0) is 4.74 Å². The van der Waals surface area contributed by atoms with Gasteiger partial charge in [0.2, 0.25) is 0 Å². The minimum absolute atomic E-state index is 0.0927. The third kappa shape index (κ3) is 1.48. The monoisotopic (exact) mass is 146 g/mol. The lowest BCUT2D eigenvalue weighted by molar-refractivity contribution is -0.0553. The number of aliphatic hydroxyl groups excluding tert-OH is 2. The molecule has 1 fully saturated rings. The fourth-order valence-electron chi connectivity index (χ4n) is 1.33. The molecule has 0 saturated carbocycles. The van der Waals surface area contributed by atoms with Crippen molar-refractivity contribution in [2.75, 3.05) is 6.61 Å². The highest BCUT2D eigenvalue weighted by Gasteiger charge is 2.38. The van der Waals surface area contributed by atoms with Crippen LogP contribution in [0.1, 0.15) is 20.3 Å². The molecule has 0 amide bonds. The van der Waals surface area contributed by atoms with E-state index in [-0.39, 0.29) is 18.3 Å². The van der Waals surface area contributed by atoms with Gasteiger partial charge in [0.1, 0.15) is 6.10 Å². The lowest BCUT2D eigenvalue weighted by Gasteiger charge is -2.17. The van der Waals surface area contributed by atoms with Crippen LogP contribution in [0.4, 0.5) is 0 Å². The second kappa shape index (κ2) is 2.49. The van der Waals surface area contributed by atoms with E-state index >= 15 is 0 Å². The van der Waals surface area contributed by atoms with E-state index in [0.717, 1.165) is 0 Å². The smallest absolute Gasteiger partial charge is 0.107 e. The van der Waals surface area contributed by atoms with Gasteiger partial charge in [0.25, 0.3) is 0 Å². The summed E-state index contributed by atoms with van der Waals surface area (Å²) in [5, 5.41) is 17.9. The predicted octanol–water partition coefficient (Wildman–Crippen LogP) is -0.0929. The largest absolute Gasteiger partial charge is 0.394 e. The number of rotatable bonds is 1. The molecule has 1 heterocycles. The second-order valence-electron chi connectivity index (χ2n) is 3.37. The average molecular weight is 146 g/mol. The van der Waals surface area contributed by atoms with Crippen molar-refractivity contribution < 1.29 is 14.9 Å². The van der Waals surface area contributed by atoms with E-state index in [1.165, 1.54) is 0 Å². The minimum atomic E-state index is -0.500. The second-order valence-corrected chi connectivity index (χ2v) is 3.37. The quantitative estimate of drug-likeness (QED) is 0.543. The molecular formula is C7H14O3. The molecule has 0 unspecified atom stereocenters. The van der Waals surface area contributed by atoms with Gasteiger partial charge in [-0.3, -0.25) is 0 Å². The molecule has 1 aliphatic heterocycles. The highest BCUT2D eigenvalue weighted by molar-refractivity contribution is 4.87. The van der Waals surface area contributed by atoms with Crippen LogP contribution in [0, 0.1) is 0 Å². The number of ether oxygens (including phenoxy) is 1. The standard InChI is InChI=1S/C7H14O3/c1-7(2)3-5(9)6(4-8)10-7/h5-6,8-9H,3-4H2,1-2H3/t5-,6-/m1/s1. The Labute approximate surface area is 60.6 Å². The first kappa shape index (κ1) is 7.98. The summed E-state index contributed by atoms with van der Waals surface area (Å²) in [5.41, 5.74) is -0.271. The lowest BCUT2D eigenvalue weighted by atomic mass is 10.0. The molecule has 0 aromatic rings. The summed E-state index contributed by atoms with van der Waals surface area (Å²) in [4.78, 5) is 0. The summed E-state index contributed by atoms with van der Waals surface area (Å²) in [6, 6.07) is 0. The van der Waals surface area contributed by atoms with Gasteiger partial charge in [-0.15, -0.1) is 0 Å². The summed E-state index contributed by atoms with van der Waals surface area (Å²) in [6.45, 7) is 3.72. The summed E-state index contributed by atoms with van der Waals surface area (Å²) in [7, 11) is 0. The minimum Gasteiger partial charge on any atom is -0.394 e. The summed E-state index contributed by atoms with van der Waals surface area (Å²) < 4.78 is 5.31. The SMILES string of the molecule is CC1(C)C[C@@H](O)[C@@H](CO)O1. The van der Waals surface area contributed by atoms with Crippen LogP contribution >= 0.6 is 0 Å². The lowest BCUT2D eigenvalue weighted by Crippen LogP contribution is -2.25. The van der Waals surface area contributed by atoms with Crippen LogP contribution < -0.4 is 0 Å². The molecule has 3 heteroatoms. The molecule has 0 aromatic heterocycles. The third-order valence-corrected chi connectivity index (χ3v) is 1.78. The maximum absolute atomic E-state index is 9.24. The molecule has 0 bridgehead atoms. The van der Waals surface area contributed by atoms with E-state index in [4.69, 9.17) is 9.84 Å². The van der Waals surface area contributed by atoms with Gasteiger partial charge in [-0.2, -0.15) is 0 Å². The van der Waals surface area contributed by atoms with Crippen molar-refractivity contribution in [3.05, 3.63) is 0 Å². The molecule has 1 rings (SSSR count). The Morgan fingerprint density at radius 3 is 2.40 bits per heavy atom. The van der Waals surface area contributed by atoms with Gasteiger partial charge >= 0.3 is 0 Å². The first-order chi connectivity index (χ1) is 4.55. The van der Waals surface area contributed by atoms with Crippen LogP contribution in [0.2, 0.25) is 0 Å². The fraction of sp³-hybridized carbons (Fsp3) is 1.00. The van der Waals surface area contributed by atoms with Crippen LogP contribution in [0.3, 0.4) is 0 Å². The summed E-state index contributed by atoms with van der Waals surface area (Å²) in [6.07, 6.45) is -0.270. The molecule has 0 spiro atoms. The van der Waals surface area contributed by atoms with Crippen molar-refractivity contribution in [2.45, 2.75) is 38.1 Å². The normalized spacial score (nSPS) is 38.4. The Bertz CT molecular complexity index is 122. The first-order valence-corrected chi connectivity index (χ1v) is 3.52. The van der Waals surface area contributed by atoms with Crippen molar-refractivity contribution in [1.29, 1.82) is 0 Å². The Kier molecular flexibility index (Phi) is 1.99. The summed E-state index contributed by atoms with van der Waals surface area (Å²) >= 11 is 0. The number of aliphatic hydroxyl groups is 2. The van der Waals surface area contributed by atoms with Crippen molar-refractivity contribution >= 4 is 0 Å². The Hall–Kier alpha value is -0.120. The predicted molar refractivity (Wildman–Crippen MR) is 36.7 cm³/mol. The first-order valence-electron chi connectivity index (χ1n) is 3.52. The average Bonchev–Trinajstić information content (AvgIpc) is 2.05. The van der Waals surface area contributed by atoms with Crippen LogP contribution in [0.5, 0.6) is 0 Å². The van der Waals surface area contributed by atoms with Gasteiger partial charge in [-0.1, -0.05) is 0 Å². The number of hydrogen-bond acceptors (Lipinski definition) is 3. The van der Waals surface area contributed by atoms with Gasteiger partial charge in [0, 0.05) is 6.42 Å². The summed E-state index contributed by atoms with van der Waals surface area (Å²) in [5.74, 6) is 0. The topological polar surface area (TPSA) is 49.7 Å². The Morgan fingerprint density at radius 1 is 1.60 bits per heavy atom. The van der Waals surface area contributed by atoms with Gasteiger partial charge in [0.15, 0.2) is 0 Å². The highest BCUT2D eigenvalue weighted by Crippen LogP contribution is 2.29. The molecular weight excluding hydrogens is 132 g/mol. The highest BCUT2D eigenvalue weighted by atomic mass is 16.5. The van der Waals surface area contributed by atoms with Crippen molar-refractivity contribution in [2.24, 2.45) is 0 Å². The van der Waals surface area contributed by atoms with Crippen molar-refractivity contribution in [3.8, 4) is 0 Å². The van der Waals surface area contributed by atoms with Gasteiger partial charge in [-0.25, -0.2) is 0 Å². The van der Waals surface area contributed by atoms with E-state index < -0.39 is 6.10 Å². The zero-order valence-electron chi connectivity index (χ0n) is 6.37. The van der Waals surface area contributed by atoms with Crippen LogP contribution in [-0.4, -0.2) is 34.6 Å². The van der Waals surface area contributed by atoms with Crippen LogP contribution in [0.15, 0.2) is 0 Å². The molecule has 0 aromatic carbocycles. The Morgan fingerprint density at radius 2 is 2.20 bits per heavy atom. The van der Waals surface area contributed by atoms with E-state index in [1.54, 1.807) is 0 Å². The van der Waals surface area contributed by atoms with Gasteiger partial charge in [0.05, 0.1) is 18.3 Å². The van der Waals surface area contributed by atoms with Gasteiger partial charge in [-0.05, 0) is 13.8 Å². The van der Waals surface area contributed by atoms with E-state index in [0.29, 0.717) is 6.42 Å². The molecule has 10 heavy (non-hydrogen) atoms.